The molecule has 0 radical (unpaired) electrons. The Labute approximate surface area is 168 Å². The van der Waals surface area contributed by atoms with Gasteiger partial charge in [0.25, 0.3) is 5.91 Å². The Kier molecular flexibility index (Phi) is 9.41. The Balaban J connectivity index is 0.00000169. The van der Waals surface area contributed by atoms with E-state index in [-0.39, 0.29) is 30.7 Å². The van der Waals surface area contributed by atoms with E-state index in [2.05, 4.69) is 23.6 Å². The molecule has 0 saturated carbocycles. The van der Waals surface area contributed by atoms with Crippen molar-refractivity contribution < 1.29 is 9.21 Å². The monoisotopic (exact) mass is 406 g/mol. The zero-order valence-electron chi connectivity index (χ0n) is 15.7. The first-order chi connectivity index (χ1) is 11.6. The van der Waals surface area contributed by atoms with Crippen molar-refractivity contribution in [1.29, 1.82) is 0 Å². The van der Waals surface area contributed by atoms with Gasteiger partial charge in [-0.25, -0.2) is 0 Å². The molecule has 8 heteroatoms. The Hall–Kier alpha value is -0.790. The molecule has 2 fully saturated rings. The van der Waals surface area contributed by atoms with Gasteiger partial charge in [0, 0.05) is 51.4 Å². The van der Waals surface area contributed by atoms with Gasteiger partial charge >= 0.3 is 0 Å². The van der Waals surface area contributed by atoms with E-state index >= 15 is 0 Å². The molecule has 0 aromatic carbocycles. The van der Waals surface area contributed by atoms with E-state index in [0.29, 0.717) is 30.0 Å². The second kappa shape index (κ2) is 10.5. The van der Waals surface area contributed by atoms with Crippen LogP contribution in [0.4, 0.5) is 0 Å². The normalized spacial score (nSPS) is 24.2. The number of rotatable bonds is 5. The van der Waals surface area contributed by atoms with Crippen LogP contribution in [0.15, 0.2) is 16.7 Å². The minimum Gasteiger partial charge on any atom is -0.467 e. The maximum Gasteiger partial charge on any atom is 0.257 e. The highest BCUT2D eigenvalue weighted by Crippen LogP contribution is 2.23. The molecule has 6 nitrogen and oxygen atoms in total. The number of nitrogens with zero attached hydrogens (tertiary/aromatic N) is 3. The van der Waals surface area contributed by atoms with Crippen LogP contribution in [0.2, 0.25) is 0 Å². The fraction of sp³-hybridized carbons (Fsp3) is 0.722. The molecule has 1 aromatic rings. The van der Waals surface area contributed by atoms with Crippen molar-refractivity contribution in [2.24, 2.45) is 5.73 Å². The van der Waals surface area contributed by atoms with Gasteiger partial charge in [0.05, 0.1) is 12.1 Å². The largest absolute Gasteiger partial charge is 0.467 e. The van der Waals surface area contributed by atoms with E-state index in [1.165, 1.54) is 19.1 Å². The van der Waals surface area contributed by atoms with Gasteiger partial charge in [0.2, 0.25) is 0 Å². The second-order valence-corrected chi connectivity index (χ2v) is 7.15. The molecule has 2 saturated heterocycles. The van der Waals surface area contributed by atoms with Crippen molar-refractivity contribution in [1.82, 2.24) is 14.7 Å². The highest BCUT2D eigenvalue weighted by atomic mass is 35.5. The van der Waals surface area contributed by atoms with Crippen LogP contribution in [0.3, 0.4) is 0 Å². The zero-order valence-corrected chi connectivity index (χ0v) is 17.4. The number of hydrogen-bond acceptors (Lipinski definition) is 5. The number of piperazine rings is 1. The smallest absolute Gasteiger partial charge is 0.257 e. The summed E-state index contributed by atoms with van der Waals surface area (Å²) < 4.78 is 5.27. The molecule has 2 aliphatic heterocycles. The lowest BCUT2D eigenvalue weighted by molar-refractivity contribution is 0.0614. The van der Waals surface area contributed by atoms with E-state index in [0.717, 1.165) is 39.3 Å². The van der Waals surface area contributed by atoms with Gasteiger partial charge in [0.15, 0.2) is 0 Å². The summed E-state index contributed by atoms with van der Waals surface area (Å²) in [6.07, 6.45) is 4.16. The van der Waals surface area contributed by atoms with Crippen LogP contribution < -0.4 is 5.73 Å². The molecule has 150 valence electrons. The summed E-state index contributed by atoms with van der Waals surface area (Å²) in [6.45, 7) is 10.7. The molecule has 2 aliphatic rings. The van der Waals surface area contributed by atoms with Gasteiger partial charge in [-0.05, 0) is 32.8 Å². The molecule has 3 rings (SSSR count). The van der Waals surface area contributed by atoms with E-state index in [1.807, 2.05) is 4.90 Å². The number of halogens is 2. The average Bonchev–Trinajstić information content (AvgIpc) is 3.20. The molecular weight excluding hydrogens is 375 g/mol. The van der Waals surface area contributed by atoms with Crippen molar-refractivity contribution in [2.45, 2.75) is 45.3 Å². The molecule has 3 heterocycles. The molecule has 26 heavy (non-hydrogen) atoms. The molecule has 2 unspecified atom stereocenters. The Bertz CT molecular complexity index is 551. The summed E-state index contributed by atoms with van der Waals surface area (Å²) >= 11 is 0. The summed E-state index contributed by atoms with van der Waals surface area (Å²) in [5.41, 5.74) is 6.15. The Morgan fingerprint density at radius 3 is 2.27 bits per heavy atom. The predicted octanol–water partition coefficient (Wildman–Crippen LogP) is 2.21. The minimum absolute atomic E-state index is 0. The molecular formula is C18H32Cl2N4O2. The van der Waals surface area contributed by atoms with Crippen molar-refractivity contribution in [2.75, 3.05) is 39.3 Å². The van der Waals surface area contributed by atoms with Crippen LogP contribution in [-0.4, -0.2) is 72.0 Å². The number of hydrogen-bond donors (Lipinski definition) is 1. The zero-order chi connectivity index (χ0) is 17.1. The van der Waals surface area contributed by atoms with Crippen LogP contribution in [0.25, 0.3) is 0 Å². The lowest BCUT2D eigenvalue weighted by Gasteiger charge is -2.36. The van der Waals surface area contributed by atoms with Crippen molar-refractivity contribution in [3.63, 3.8) is 0 Å². The summed E-state index contributed by atoms with van der Waals surface area (Å²) in [5, 5.41) is 0. The van der Waals surface area contributed by atoms with Crippen LogP contribution in [-0.2, 0) is 6.54 Å². The predicted molar refractivity (Wildman–Crippen MR) is 108 cm³/mol. The minimum atomic E-state index is 0. The number of nitrogens with two attached hydrogens (primary N) is 1. The summed E-state index contributed by atoms with van der Waals surface area (Å²) in [7, 11) is 0. The maximum absolute atomic E-state index is 12.5. The Morgan fingerprint density at radius 1 is 1.12 bits per heavy atom. The fourth-order valence-electron chi connectivity index (χ4n) is 3.90. The number of carbonyl (C=O) groups excluding carboxylic acids is 1. The number of likely N-dealkylation sites (tertiary alicyclic amines) is 1. The van der Waals surface area contributed by atoms with E-state index in [9.17, 15) is 4.79 Å². The first-order valence-corrected chi connectivity index (χ1v) is 9.13. The average molecular weight is 407 g/mol. The second-order valence-electron chi connectivity index (χ2n) is 7.15. The quantitative estimate of drug-likeness (QED) is 0.811. The topological polar surface area (TPSA) is 66.0 Å². The molecule has 1 aromatic heterocycles. The fourth-order valence-corrected chi connectivity index (χ4v) is 3.90. The van der Waals surface area contributed by atoms with Crippen molar-refractivity contribution in [3.05, 3.63) is 23.7 Å². The van der Waals surface area contributed by atoms with Gasteiger partial charge in [-0.1, -0.05) is 0 Å². The van der Waals surface area contributed by atoms with Crippen molar-refractivity contribution in [3.8, 4) is 0 Å². The molecule has 2 atom stereocenters. The molecule has 0 spiro atoms. The van der Waals surface area contributed by atoms with Gasteiger partial charge in [0.1, 0.15) is 12.0 Å². The van der Waals surface area contributed by atoms with E-state index in [4.69, 9.17) is 10.2 Å². The third-order valence-electron chi connectivity index (χ3n) is 5.57. The van der Waals surface area contributed by atoms with E-state index < -0.39 is 0 Å². The van der Waals surface area contributed by atoms with Crippen LogP contribution in [0, 0.1) is 0 Å². The van der Waals surface area contributed by atoms with Gasteiger partial charge in [-0.3, -0.25) is 14.6 Å². The van der Waals surface area contributed by atoms with Crippen molar-refractivity contribution >= 4 is 30.7 Å². The standard InChI is InChI=1S/C18H30N4O2.2ClH/c1-14-3-4-15(2)22(14)10-7-20-5-8-21(9-6-20)18(23)16-11-17(12-19)24-13-16;;/h11,13-15H,3-10,12,19H2,1-2H3;2*1H. The lowest BCUT2D eigenvalue weighted by Crippen LogP contribution is -2.50. The van der Waals surface area contributed by atoms with Gasteiger partial charge in [-0.2, -0.15) is 0 Å². The Morgan fingerprint density at radius 2 is 1.73 bits per heavy atom. The first-order valence-electron chi connectivity index (χ1n) is 9.13. The lowest BCUT2D eigenvalue weighted by atomic mass is 10.2. The third kappa shape index (κ3) is 5.36. The highest BCUT2D eigenvalue weighted by Gasteiger charge is 2.28. The van der Waals surface area contributed by atoms with Crippen LogP contribution in [0.1, 0.15) is 42.8 Å². The number of carbonyl (C=O) groups is 1. The van der Waals surface area contributed by atoms with E-state index in [1.54, 1.807) is 6.07 Å². The summed E-state index contributed by atoms with van der Waals surface area (Å²) in [5.74, 6) is 0.714. The molecule has 1 amide bonds. The van der Waals surface area contributed by atoms with Crippen LogP contribution >= 0.6 is 24.8 Å². The molecule has 2 N–H and O–H groups in total. The summed E-state index contributed by atoms with van der Waals surface area (Å²) in [4.78, 5) is 19.5. The first kappa shape index (κ1) is 23.2. The third-order valence-corrected chi connectivity index (χ3v) is 5.57. The number of amides is 1. The SMILES string of the molecule is CC1CCC(C)N1CCN1CCN(C(=O)c2coc(CN)c2)CC1.Cl.Cl. The van der Waals surface area contributed by atoms with Gasteiger partial charge in [-0.15, -0.1) is 24.8 Å². The van der Waals surface area contributed by atoms with Crippen LogP contribution in [0.5, 0.6) is 0 Å². The molecule has 0 aliphatic carbocycles. The highest BCUT2D eigenvalue weighted by molar-refractivity contribution is 5.94. The van der Waals surface area contributed by atoms with Gasteiger partial charge < -0.3 is 15.1 Å². The summed E-state index contributed by atoms with van der Waals surface area (Å²) in [6, 6.07) is 3.17. The number of furan rings is 1. The molecule has 0 bridgehead atoms. The maximum atomic E-state index is 12.5.